The van der Waals surface area contributed by atoms with E-state index < -0.39 is 6.10 Å². The second-order valence-corrected chi connectivity index (χ2v) is 10.2. The Morgan fingerprint density at radius 1 is 1.00 bits per heavy atom. The molecule has 0 N–H and O–H groups in total. The number of hydrogen-bond donors (Lipinski definition) is 0. The van der Waals surface area contributed by atoms with Gasteiger partial charge in [-0.05, 0) is 54.3 Å². The Labute approximate surface area is 199 Å². The number of fused-ring (bicyclic) bond motifs is 1. The monoisotopic (exact) mass is 470 g/mol. The number of carbonyl (C=O) groups excluding carboxylic acids is 2. The molecule has 2 heterocycles. The molecule has 4 rings (SSSR count). The molecule has 33 heavy (non-hydrogen) atoms. The highest BCUT2D eigenvalue weighted by atomic mass is 32.2. The summed E-state index contributed by atoms with van der Waals surface area (Å²) in [6.07, 6.45) is 0.151. The zero-order valence-corrected chi connectivity index (χ0v) is 20.2. The molecule has 1 fully saturated rings. The summed E-state index contributed by atoms with van der Waals surface area (Å²) in [7, 11) is 0. The van der Waals surface area contributed by atoms with Crippen LogP contribution in [0.3, 0.4) is 0 Å². The summed E-state index contributed by atoms with van der Waals surface area (Å²) in [6.45, 7) is 7.68. The van der Waals surface area contributed by atoms with Crippen molar-refractivity contribution in [2.75, 3.05) is 31.1 Å². The zero-order valence-electron chi connectivity index (χ0n) is 19.4. The van der Waals surface area contributed by atoms with Crippen LogP contribution in [0.1, 0.15) is 43.5 Å². The Kier molecular flexibility index (Phi) is 7.27. The average molecular weight is 471 g/mol. The molecular formula is C26H31FN2O3S. The molecule has 2 aromatic carbocycles. The molecule has 2 atom stereocenters. The maximum atomic E-state index is 13.6. The van der Waals surface area contributed by atoms with E-state index in [0.29, 0.717) is 12.3 Å². The fourth-order valence-electron chi connectivity index (χ4n) is 4.54. The molecule has 0 saturated carbocycles. The highest BCUT2D eigenvalue weighted by molar-refractivity contribution is 7.99. The van der Waals surface area contributed by atoms with Gasteiger partial charge in [0.05, 0.1) is 6.04 Å². The molecule has 1 saturated heterocycles. The maximum absolute atomic E-state index is 13.6. The van der Waals surface area contributed by atoms with Crippen molar-refractivity contribution in [1.82, 2.24) is 9.80 Å². The number of amides is 2. The molecule has 5 nitrogen and oxygen atoms in total. The third kappa shape index (κ3) is 5.18. The normalized spacial score (nSPS) is 19.2. The van der Waals surface area contributed by atoms with Crippen LogP contribution in [-0.4, -0.2) is 58.9 Å². The molecule has 176 valence electrons. The molecule has 0 spiro atoms. The zero-order chi connectivity index (χ0) is 23.5. The van der Waals surface area contributed by atoms with Crippen molar-refractivity contribution in [2.45, 2.75) is 39.3 Å². The molecule has 2 amide bonds. The topological polar surface area (TPSA) is 49.9 Å². The first-order valence-electron chi connectivity index (χ1n) is 11.6. The maximum Gasteiger partial charge on any atom is 0.263 e. The molecule has 0 aromatic heterocycles. The third-order valence-electron chi connectivity index (χ3n) is 6.29. The van der Waals surface area contributed by atoms with Crippen molar-refractivity contribution in [3.8, 4) is 5.75 Å². The lowest BCUT2D eigenvalue weighted by atomic mass is 9.87. The van der Waals surface area contributed by atoms with Crippen LogP contribution < -0.4 is 4.74 Å². The summed E-state index contributed by atoms with van der Waals surface area (Å²) >= 11 is 1.86. The number of benzene rings is 2. The number of rotatable bonds is 5. The van der Waals surface area contributed by atoms with Crippen LogP contribution in [0.2, 0.25) is 0 Å². The van der Waals surface area contributed by atoms with Crippen molar-refractivity contribution in [3.63, 3.8) is 0 Å². The van der Waals surface area contributed by atoms with E-state index in [2.05, 4.69) is 0 Å². The number of thioether (sulfide) groups is 1. The lowest BCUT2D eigenvalue weighted by Crippen LogP contribution is -2.44. The van der Waals surface area contributed by atoms with Gasteiger partial charge in [-0.1, -0.05) is 32.0 Å². The van der Waals surface area contributed by atoms with Crippen molar-refractivity contribution >= 4 is 23.6 Å². The summed E-state index contributed by atoms with van der Waals surface area (Å²) in [6, 6.07) is 11.9. The lowest BCUT2D eigenvalue weighted by molar-refractivity contribution is -0.137. The predicted octanol–water partition coefficient (Wildman–Crippen LogP) is 4.30. The van der Waals surface area contributed by atoms with Gasteiger partial charge in [0, 0.05) is 37.1 Å². The number of halogens is 1. The van der Waals surface area contributed by atoms with Crippen molar-refractivity contribution in [2.24, 2.45) is 5.92 Å². The highest BCUT2D eigenvalue weighted by Crippen LogP contribution is 2.38. The second kappa shape index (κ2) is 10.2. The van der Waals surface area contributed by atoms with Gasteiger partial charge in [-0.15, -0.1) is 0 Å². The van der Waals surface area contributed by atoms with Crippen LogP contribution in [0.4, 0.5) is 4.39 Å². The van der Waals surface area contributed by atoms with Gasteiger partial charge in [-0.3, -0.25) is 9.59 Å². The van der Waals surface area contributed by atoms with E-state index in [1.165, 1.54) is 12.1 Å². The first-order chi connectivity index (χ1) is 15.8. The van der Waals surface area contributed by atoms with Gasteiger partial charge < -0.3 is 14.5 Å². The third-order valence-corrected chi connectivity index (χ3v) is 7.23. The van der Waals surface area contributed by atoms with Crippen LogP contribution in [0.25, 0.3) is 0 Å². The Morgan fingerprint density at radius 3 is 2.36 bits per heavy atom. The SMILES string of the molecule is CC(C)C(=O)N1CCc2ccc(OC(C)C(=O)N3CCSCC3)cc2C1c1ccc(F)cc1. The Hall–Kier alpha value is -2.54. The molecule has 2 aliphatic heterocycles. The number of hydrogen-bond acceptors (Lipinski definition) is 4. The van der Waals surface area contributed by atoms with Gasteiger partial charge in [-0.2, -0.15) is 11.8 Å². The average Bonchev–Trinajstić information content (AvgIpc) is 2.83. The summed E-state index contributed by atoms with van der Waals surface area (Å²) in [5.74, 6) is 2.12. The fraction of sp³-hybridized carbons (Fsp3) is 0.462. The van der Waals surface area contributed by atoms with Crippen LogP contribution in [0.5, 0.6) is 5.75 Å². The Balaban J connectivity index is 1.64. The molecule has 2 unspecified atom stereocenters. The minimum atomic E-state index is -0.590. The van der Waals surface area contributed by atoms with E-state index in [-0.39, 0.29) is 29.6 Å². The minimum Gasteiger partial charge on any atom is -0.481 e. The molecule has 0 bridgehead atoms. The molecule has 2 aromatic rings. The van der Waals surface area contributed by atoms with E-state index in [1.54, 1.807) is 19.1 Å². The quantitative estimate of drug-likeness (QED) is 0.654. The summed E-state index contributed by atoms with van der Waals surface area (Å²) in [5.41, 5.74) is 2.96. The van der Waals surface area contributed by atoms with E-state index in [4.69, 9.17) is 4.74 Å². The van der Waals surface area contributed by atoms with E-state index in [9.17, 15) is 14.0 Å². The Morgan fingerprint density at radius 2 is 1.70 bits per heavy atom. The first kappa shape index (κ1) is 23.6. The summed E-state index contributed by atoms with van der Waals surface area (Å²) in [5, 5.41) is 0. The van der Waals surface area contributed by atoms with Gasteiger partial charge in [0.1, 0.15) is 11.6 Å². The number of nitrogens with zero attached hydrogens (tertiary/aromatic N) is 2. The fourth-order valence-corrected chi connectivity index (χ4v) is 5.44. The molecule has 0 radical (unpaired) electrons. The van der Waals surface area contributed by atoms with Crippen molar-refractivity contribution in [3.05, 3.63) is 65.0 Å². The smallest absolute Gasteiger partial charge is 0.263 e. The van der Waals surface area contributed by atoms with Crippen LogP contribution in [0, 0.1) is 11.7 Å². The molecular weight excluding hydrogens is 439 g/mol. The van der Waals surface area contributed by atoms with Gasteiger partial charge in [0.25, 0.3) is 5.91 Å². The predicted molar refractivity (Wildman–Crippen MR) is 129 cm³/mol. The largest absolute Gasteiger partial charge is 0.481 e. The van der Waals surface area contributed by atoms with Gasteiger partial charge in [0.15, 0.2) is 6.10 Å². The van der Waals surface area contributed by atoms with Gasteiger partial charge in [-0.25, -0.2) is 4.39 Å². The lowest BCUT2D eigenvalue weighted by Gasteiger charge is -2.39. The highest BCUT2D eigenvalue weighted by Gasteiger charge is 2.33. The van der Waals surface area contributed by atoms with Gasteiger partial charge in [0.2, 0.25) is 5.91 Å². The molecule has 0 aliphatic carbocycles. The van der Waals surface area contributed by atoms with Gasteiger partial charge >= 0.3 is 0 Å². The van der Waals surface area contributed by atoms with Crippen molar-refractivity contribution < 1.29 is 18.7 Å². The second-order valence-electron chi connectivity index (χ2n) is 8.95. The van der Waals surface area contributed by atoms with Crippen LogP contribution >= 0.6 is 11.8 Å². The number of ether oxygens (including phenoxy) is 1. The minimum absolute atomic E-state index is 0.000262. The van der Waals surface area contributed by atoms with E-state index in [0.717, 1.165) is 47.7 Å². The van der Waals surface area contributed by atoms with E-state index >= 15 is 0 Å². The molecule has 7 heteroatoms. The summed E-state index contributed by atoms with van der Waals surface area (Å²) < 4.78 is 19.7. The van der Waals surface area contributed by atoms with Crippen LogP contribution in [0.15, 0.2) is 42.5 Å². The van der Waals surface area contributed by atoms with E-state index in [1.807, 2.05) is 53.6 Å². The standard InChI is InChI=1S/C26H31FN2O3S/c1-17(2)25(30)29-11-10-19-6-9-22(32-18(3)26(31)28-12-14-33-15-13-28)16-23(19)24(29)20-4-7-21(27)8-5-20/h4-9,16-18,24H,10-15H2,1-3H3. The molecule has 2 aliphatic rings. The Bertz CT molecular complexity index is 1010. The van der Waals surface area contributed by atoms with Crippen molar-refractivity contribution in [1.29, 1.82) is 0 Å². The number of carbonyl (C=O) groups is 2. The van der Waals surface area contributed by atoms with Crippen LogP contribution in [-0.2, 0) is 16.0 Å². The summed E-state index contributed by atoms with van der Waals surface area (Å²) in [4.78, 5) is 29.6. The first-order valence-corrected chi connectivity index (χ1v) is 12.7.